The average Bonchev–Trinajstić information content (AvgIpc) is 2.39. The van der Waals surface area contributed by atoms with Crippen molar-refractivity contribution in [2.45, 2.75) is 19.3 Å². The van der Waals surface area contributed by atoms with Crippen molar-refractivity contribution in [1.82, 2.24) is 5.32 Å². The second-order valence-corrected chi connectivity index (χ2v) is 4.78. The molecule has 1 saturated heterocycles. The molecule has 0 radical (unpaired) electrons. The monoisotopic (exact) mass is 262 g/mol. The van der Waals surface area contributed by atoms with E-state index in [9.17, 15) is 9.59 Å². The van der Waals surface area contributed by atoms with Crippen LogP contribution in [0.4, 0.5) is 5.69 Å². The molecular weight excluding hydrogens is 244 g/mol. The van der Waals surface area contributed by atoms with Crippen LogP contribution in [-0.4, -0.2) is 30.1 Å². The molecule has 5 heteroatoms. The van der Waals surface area contributed by atoms with Gasteiger partial charge in [0.25, 0.3) is 0 Å². The molecule has 0 unspecified atom stereocenters. The number of aliphatic carboxylic acids is 1. The van der Waals surface area contributed by atoms with E-state index in [1.54, 1.807) is 24.3 Å². The van der Waals surface area contributed by atoms with Crippen LogP contribution in [0.5, 0.6) is 0 Å². The van der Waals surface area contributed by atoms with E-state index in [4.69, 9.17) is 5.11 Å². The SMILES string of the molecule is O=C(O)Cc1cccc(NC(=O)C2CCNCC2)c1. The number of piperidine rings is 1. The first-order valence-corrected chi connectivity index (χ1v) is 6.47. The lowest BCUT2D eigenvalue weighted by atomic mass is 9.97. The summed E-state index contributed by atoms with van der Waals surface area (Å²) in [4.78, 5) is 22.7. The number of carbonyl (C=O) groups is 2. The maximum Gasteiger partial charge on any atom is 0.307 e. The van der Waals surface area contributed by atoms with Gasteiger partial charge in [-0.15, -0.1) is 0 Å². The fourth-order valence-electron chi connectivity index (χ4n) is 2.26. The third kappa shape index (κ3) is 4.06. The molecule has 1 aliphatic heterocycles. The van der Waals surface area contributed by atoms with E-state index in [0.29, 0.717) is 11.3 Å². The fourth-order valence-corrected chi connectivity index (χ4v) is 2.26. The number of carboxylic acids is 1. The highest BCUT2D eigenvalue weighted by molar-refractivity contribution is 5.92. The zero-order valence-electron chi connectivity index (χ0n) is 10.7. The van der Waals surface area contributed by atoms with E-state index in [1.807, 2.05) is 0 Å². The summed E-state index contributed by atoms with van der Waals surface area (Å²) >= 11 is 0. The first kappa shape index (κ1) is 13.5. The van der Waals surface area contributed by atoms with Gasteiger partial charge in [0.1, 0.15) is 0 Å². The van der Waals surface area contributed by atoms with Gasteiger partial charge in [-0.1, -0.05) is 12.1 Å². The van der Waals surface area contributed by atoms with Crippen molar-refractivity contribution in [2.75, 3.05) is 18.4 Å². The Morgan fingerprint density at radius 2 is 2.05 bits per heavy atom. The molecule has 102 valence electrons. The highest BCUT2D eigenvalue weighted by atomic mass is 16.4. The fraction of sp³-hybridized carbons (Fsp3) is 0.429. The average molecular weight is 262 g/mol. The quantitative estimate of drug-likeness (QED) is 0.763. The molecule has 1 aliphatic rings. The number of nitrogens with one attached hydrogen (secondary N) is 2. The Morgan fingerprint density at radius 1 is 1.32 bits per heavy atom. The number of rotatable bonds is 4. The summed E-state index contributed by atoms with van der Waals surface area (Å²) in [6, 6.07) is 7.00. The Morgan fingerprint density at radius 3 is 2.74 bits per heavy atom. The summed E-state index contributed by atoms with van der Waals surface area (Å²) in [5.74, 6) is -0.805. The van der Waals surface area contributed by atoms with Crippen molar-refractivity contribution in [3.63, 3.8) is 0 Å². The van der Waals surface area contributed by atoms with Gasteiger partial charge in [0.05, 0.1) is 6.42 Å². The summed E-state index contributed by atoms with van der Waals surface area (Å²) < 4.78 is 0. The first-order chi connectivity index (χ1) is 9.15. The van der Waals surface area contributed by atoms with Crippen molar-refractivity contribution in [1.29, 1.82) is 0 Å². The highest BCUT2D eigenvalue weighted by Crippen LogP contribution is 2.16. The van der Waals surface area contributed by atoms with Gasteiger partial charge in [-0.2, -0.15) is 0 Å². The lowest BCUT2D eigenvalue weighted by Gasteiger charge is -2.21. The minimum Gasteiger partial charge on any atom is -0.481 e. The number of hydrogen-bond acceptors (Lipinski definition) is 3. The zero-order chi connectivity index (χ0) is 13.7. The molecule has 0 bridgehead atoms. The van der Waals surface area contributed by atoms with E-state index in [0.717, 1.165) is 25.9 Å². The van der Waals surface area contributed by atoms with Crippen LogP contribution >= 0.6 is 0 Å². The normalized spacial score (nSPS) is 16.0. The van der Waals surface area contributed by atoms with Gasteiger partial charge in [0.2, 0.25) is 5.91 Å². The van der Waals surface area contributed by atoms with E-state index in [1.165, 1.54) is 0 Å². The topological polar surface area (TPSA) is 78.4 Å². The van der Waals surface area contributed by atoms with Crippen LogP contribution in [0, 0.1) is 5.92 Å². The number of amides is 1. The lowest BCUT2D eigenvalue weighted by Crippen LogP contribution is -2.34. The highest BCUT2D eigenvalue weighted by Gasteiger charge is 2.20. The van der Waals surface area contributed by atoms with E-state index >= 15 is 0 Å². The maximum absolute atomic E-state index is 12.0. The Labute approximate surface area is 112 Å². The van der Waals surface area contributed by atoms with E-state index in [2.05, 4.69) is 10.6 Å². The van der Waals surface area contributed by atoms with Crippen LogP contribution in [0.25, 0.3) is 0 Å². The number of anilines is 1. The third-order valence-corrected chi connectivity index (χ3v) is 3.26. The second kappa shape index (κ2) is 6.33. The molecular formula is C14H18N2O3. The van der Waals surface area contributed by atoms with Crippen molar-refractivity contribution in [3.05, 3.63) is 29.8 Å². The summed E-state index contributed by atoms with van der Waals surface area (Å²) in [6.45, 7) is 1.74. The van der Waals surface area contributed by atoms with Gasteiger partial charge in [-0.3, -0.25) is 9.59 Å². The Kier molecular flexibility index (Phi) is 4.52. The second-order valence-electron chi connectivity index (χ2n) is 4.78. The molecule has 1 amide bonds. The van der Waals surface area contributed by atoms with Crippen LogP contribution in [0.15, 0.2) is 24.3 Å². The smallest absolute Gasteiger partial charge is 0.307 e. The summed E-state index contributed by atoms with van der Waals surface area (Å²) in [5.41, 5.74) is 1.36. The predicted molar refractivity (Wildman–Crippen MR) is 72.0 cm³/mol. The van der Waals surface area contributed by atoms with Gasteiger partial charge in [0, 0.05) is 11.6 Å². The molecule has 19 heavy (non-hydrogen) atoms. The zero-order valence-corrected chi connectivity index (χ0v) is 10.7. The number of benzene rings is 1. The van der Waals surface area contributed by atoms with Gasteiger partial charge in [0.15, 0.2) is 0 Å². The van der Waals surface area contributed by atoms with Gasteiger partial charge >= 0.3 is 5.97 Å². The van der Waals surface area contributed by atoms with Crippen LogP contribution in [0.2, 0.25) is 0 Å². The summed E-state index contributed by atoms with van der Waals surface area (Å²) in [7, 11) is 0. The minimum absolute atomic E-state index is 0.0222. The standard InChI is InChI=1S/C14H18N2O3/c17-13(18)9-10-2-1-3-12(8-10)16-14(19)11-4-6-15-7-5-11/h1-3,8,11,15H,4-7,9H2,(H,16,19)(H,17,18). The lowest BCUT2D eigenvalue weighted by molar-refractivity contribution is -0.136. The van der Waals surface area contributed by atoms with Crippen molar-refractivity contribution in [3.8, 4) is 0 Å². The number of carbonyl (C=O) groups excluding carboxylic acids is 1. The predicted octanol–water partition coefficient (Wildman–Crippen LogP) is 1.25. The van der Waals surface area contributed by atoms with Crippen LogP contribution in [0.3, 0.4) is 0 Å². The van der Waals surface area contributed by atoms with Crippen molar-refractivity contribution >= 4 is 17.6 Å². The summed E-state index contributed by atoms with van der Waals surface area (Å²) in [6.07, 6.45) is 1.67. The largest absolute Gasteiger partial charge is 0.481 e. The molecule has 0 aromatic heterocycles. The molecule has 5 nitrogen and oxygen atoms in total. The van der Waals surface area contributed by atoms with Gasteiger partial charge in [-0.05, 0) is 43.6 Å². The molecule has 1 fully saturated rings. The molecule has 1 heterocycles. The minimum atomic E-state index is -0.873. The molecule has 0 atom stereocenters. The maximum atomic E-state index is 12.0. The van der Waals surface area contributed by atoms with Gasteiger partial charge < -0.3 is 15.7 Å². The molecule has 1 aromatic rings. The van der Waals surface area contributed by atoms with E-state index < -0.39 is 5.97 Å². The van der Waals surface area contributed by atoms with Crippen LogP contribution in [0.1, 0.15) is 18.4 Å². The van der Waals surface area contributed by atoms with Gasteiger partial charge in [-0.25, -0.2) is 0 Å². The van der Waals surface area contributed by atoms with Crippen LogP contribution < -0.4 is 10.6 Å². The van der Waals surface area contributed by atoms with E-state index in [-0.39, 0.29) is 18.2 Å². The molecule has 0 saturated carbocycles. The number of carboxylic acid groups (broad SMARTS) is 1. The van der Waals surface area contributed by atoms with Crippen molar-refractivity contribution < 1.29 is 14.7 Å². The molecule has 1 aromatic carbocycles. The first-order valence-electron chi connectivity index (χ1n) is 6.47. The summed E-state index contributed by atoms with van der Waals surface area (Å²) in [5, 5.41) is 14.8. The molecule has 0 spiro atoms. The Bertz CT molecular complexity index is 468. The third-order valence-electron chi connectivity index (χ3n) is 3.26. The van der Waals surface area contributed by atoms with Crippen LogP contribution in [-0.2, 0) is 16.0 Å². The number of hydrogen-bond donors (Lipinski definition) is 3. The molecule has 3 N–H and O–H groups in total. The van der Waals surface area contributed by atoms with Crippen molar-refractivity contribution in [2.24, 2.45) is 5.92 Å². The Balaban J connectivity index is 1.97. The molecule has 0 aliphatic carbocycles. The molecule has 2 rings (SSSR count). The Hall–Kier alpha value is -1.88.